The standard InChI is InChI=1S/C22H27FO7/c1-21-6-4-13-20(26)30-16(12-5-7-28-10-12)9-22(13,2)18(21)17(24)15(29-11-23)8-14(21)19(25)27-3/h5,7,10,13-16,18H,4,6,8-9,11H2,1-3H3/t13-,14-,15-,16+,18-,21-,22-/m0/s1. The first-order valence-electron chi connectivity index (χ1n) is 10.3. The molecule has 1 aromatic rings. The van der Waals surface area contributed by atoms with Gasteiger partial charge in [0.15, 0.2) is 12.6 Å². The Hall–Kier alpha value is -2.22. The largest absolute Gasteiger partial charge is 0.472 e. The first-order chi connectivity index (χ1) is 14.3. The molecular formula is C22H27FO7. The van der Waals surface area contributed by atoms with Crippen LogP contribution in [0.2, 0.25) is 0 Å². The minimum Gasteiger partial charge on any atom is -0.472 e. The van der Waals surface area contributed by atoms with Crippen molar-refractivity contribution < 1.29 is 37.4 Å². The van der Waals surface area contributed by atoms with Crippen molar-refractivity contribution in [2.45, 2.75) is 51.7 Å². The van der Waals surface area contributed by atoms with E-state index < -0.39 is 53.6 Å². The molecule has 0 radical (unpaired) electrons. The Bertz CT molecular complexity index is 837. The molecule has 1 aliphatic heterocycles. The Morgan fingerprint density at radius 2 is 2.07 bits per heavy atom. The SMILES string of the molecule is COC(=O)[C@@H]1C[C@H](OCF)C(=O)[C@H]2[C@@]1(C)CC[C@H]1C(=O)O[C@@H](c3ccoc3)C[C@]21C. The molecule has 7 nitrogen and oxygen atoms in total. The number of fused-ring (bicyclic) bond motifs is 3. The van der Waals surface area contributed by atoms with E-state index in [0.717, 1.165) is 5.56 Å². The first-order valence-corrected chi connectivity index (χ1v) is 10.3. The van der Waals surface area contributed by atoms with Crippen molar-refractivity contribution in [3.05, 3.63) is 24.2 Å². The van der Waals surface area contributed by atoms with Gasteiger partial charge in [-0.1, -0.05) is 13.8 Å². The Morgan fingerprint density at radius 1 is 1.30 bits per heavy atom. The van der Waals surface area contributed by atoms with Gasteiger partial charge in [0.2, 0.25) is 0 Å². The Kier molecular flexibility index (Phi) is 5.24. The number of ketones is 1. The summed E-state index contributed by atoms with van der Waals surface area (Å²) in [6.07, 6.45) is 2.94. The van der Waals surface area contributed by atoms with E-state index in [0.29, 0.717) is 19.3 Å². The smallest absolute Gasteiger partial charge is 0.310 e. The summed E-state index contributed by atoms with van der Waals surface area (Å²) in [5.41, 5.74) is -0.768. The molecule has 3 fully saturated rings. The fourth-order valence-electron chi connectivity index (χ4n) is 6.38. The molecule has 0 unspecified atom stereocenters. The Morgan fingerprint density at radius 3 is 2.70 bits per heavy atom. The topological polar surface area (TPSA) is 92.0 Å². The maximum atomic E-state index is 13.6. The van der Waals surface area contributed by atoms with Crippen LogP contribution in [-0.4, -0.2) is 37.8 Å². The normalized spacial score (nSPS) is 40.9. The minimum atomic E-state index is -1.12. The van der Waals surface area contributed by atoms with Crippen LogP contribution in [0.25, 0.3) is 0 Å². The summed E-state index contributed by atoms with van der Waals surface area (Å²) in [5, 5.41) is 0. The second-order valence-corrected chi connectivity index (χ2v) is 9.20. The molecule has 0 amide bonds. The highest BCUT2D eigenvalue weighted by molar-refractivity contribution is 5.92. The lowest BCUT2D eigenvalue weighted by Gasteiger charge is -2.61. The van der Waals surface area contributed by atoms with Gasteiger partial charge in [-0.2, -0.15) is 0 Å². The van der Waals surface area contributed by atoms with E-state index in [-0.39, 0.29) is 18.2 Å². The van der Waals surface area contributed by atoms with Gasteiger partial charge in [-0.15, -0.1) is 0 Å². The monoisotopic (exact) mass is 422 g/mol. The molecule has 0 N–H and O–H groups in total. The van der Waals surface area contributed by atoms with E-state index in [1.54, 1.807) is 6.07 Å². The number of cyclic esters (lactones) is 1. The summed E-state index contributed by atoms with van der Waals surface area (Å²) in [6, 6.07) is 1.73. The van der Waals surface area contributed by atoms with E-state index in [1.807, 2.05) is 13.8 Å². The highest BCUT2D eigenvalue weighted by atomic mass is 19.1. The zero-order chi connectivity index (χ0) is 21.7. The van der Waals surface area contributed by atoms with Crippen LogP contribution in [0.4, 0.5) is 4.39 Å². The minimum absolute atomic E-state index is 0.0821. The number of hydrogen-bond acceptors (Lipinski definition) is 7. The first kappa shape index (κ1) is 21.0. The van der Waals surface area contributed by atoms with E-state index in [1.165, 1.54) is 19.6 Å². The van der Waals surface area contributed by atoms with Crippen molar-refractivity contribution in [1.29, 1.82) is 0 Å². The van der Waals surface area contributed by atoms with Crippen LogP contribution >= 0.6 is 0 Å². The number of carbonyl (C=O) groups is 3. The molecule has 0 spiro atoms. The van der Waals surface area contributed by atoms with E-state index in [4.69, 9.17) is 18.6 Å². The molecule has 0 bridgehead atoms. The molecule has 164 valence electrons. The third-order valence-electron chi connectivity index (χ3n) is 7.77. The number of methoxy groups -OCH3 is 1. The van der Waals surface area contributed by atoms with Crippen molar-refractivity contribution in [3.8, 4) is 0 Å². The third-order valence-corrected chi connectivity index (χ3v) is 7.77. The number of hydrogen-bond donors (Lipinski definition) is 0. The average molecular weight is 422 g/mol. The fraction of sp³-hybridized carbons (Fsp3) is 0.682. The number of carbonyl (C=O) groups excluding carboxylic acids is 3. The summed E-state index contributed by atoms with van der Waals surface area (Å²) in [4.78, 5) is 39.2. The molecule has 1 saturated heterocycles. The number of furan rings is 1. The molecular weight excluding hydrogens is 395 g/mol. The highest BCUT2D eigenvalue weighted by Gasteiger charge is 2.67. The molecule has 0 aromatic carbocycles. The molecule has 4 rings (SSSR count). The number of halogens is 1. The third kappa shape index (κ3) is 2.99. The summed E-state index contributed by atoms with van der Waals surface area (Å²) in [7, 11) is 1.31. The Labute approximate surface area is 174 Å². The quantitative estimate of drug-likeness (QED) is 0.687. The number of esters is 2. The van der Waals surface area contributed by atoms with Crippen molar-refractivity contribution >= 4 is 17.7 Å². The van der Waals surface area contributed by atoms with Gasteiger partial charge in [0.05, 0.1) is 31.5 Å². The molecule has 3 aliphatic rings. The van der Waals surface area contributed by atoms with Gasteiger partial charge < -0.3 is 18.6 Å². The van der Waals surface area contributed by atoms with Crippen LogP contribution in [0.15, 0.2) is 23.0 Å². The molecule has 1 aromatic heterocycles. The van der Waals surface area contributed by atoms with Gasteiger partial charge in [0.1, 0.15) is 12.2 Å². The number of rotatable bonds is 4. The summed E-state index contributed by atoms with van der Waals surface area (Å²) < 4.78 is 34.0. The lowest BCUT2D eigenvalue weighted by molar-refractivity contribution is -0.211. The maximum Gasteiger partial charge on any atom is 0.310 e. The number of Topliss-reactive ketones (excluding diaryl/α,β-unsaturated/α-hetero) is 1. The summed E-state index contributed by atoms with van der Waals surface area (Å²) in [6.45, 7) is 2.71. The van der Waals surface area contributed by atoms with Crippen LogP contribution in [0.5, 0.6) is 0 Å². The molecule has 2 aliphatic carbocycles. The second kappa shape index (κ2) is 7.48. The number of alkyl halides is 1. The van der Waals surface area contributed by atoms with Crippen LogP contribution < -0.4 is 0 Å². The van der Waals surface area contributed by atoms with E-state index in [9.17, 15) is 18.8 Å². The lowest BCUT2D eigenvalue weighted by atomic mass is 9.43. The highest BCUT2D eigenvalue weighted by Crippen LogP contribution is 2.65. The molecule has 2 saturated carbocycles. The Balaban J connectivity index is 1.79. The number of ether oxygens (including phenoxy) is 3. The van der Waals surface area contributed by atoms with Gasteiger partial charge in [-0.05, 0) is 42.6 Å². The predicted octanol–water partition coefficient (Wildman–Crippen LogP) is 3.38. The van der Waals surface area contributed by atoms with Crippen molar-refractivity contribution in [2.24, 2.45) is 28.6 Å². The zero-order valence-corrected chi connectivity index (χ0v) is 17.4. The van der Waals surface area contributed by atoms with Crippen molar-refractivity contribution in [2.75, 3.05) is 14.0 Å². The van der Waals surface area contributed by atoms with Gasteiger partial charge in [-0.25, -0.2) is 4.39 Å². The van der Waals surface area contributed by atoms with Gasteiger partial charge in [-0.3, -0.25) is 14.4 Å². The van der Waals surface area contributed by atoms with Crippen molar-refractivity contribution in [1.82, 2.24) is 0 Å². The van der Waals surface area contributed by atoms with Gasteiger partial charge in [0, 0.05) is 11.5 Å². The zero-order valence-electron chi connectivity index (χ0n) is 17.4. The van der Waals surface area contributed by atoms with Gasteiger partial charge in [0.25, 0.3) is 0 Å². The molecule has 2 heterocycles. The van der Waals surface area contributed by atoms with Crippen LogP contribution in [-0.2, 0) is 28.6 Å². The van der Waals surface area contributed by atoms with Crippen LogP contribution in [0.3, 0.4) is 0 Å². The lowest BCUT2D eigenvalue weighted by Crippen LogP contribution is -2.64. The molecule has 7 atom stereocenters. The van der Waals surface area contributed by atoms with Gasteiger partial charge >= 0.3 is 11.9 Å². The predicted molar refractivity (Wildman–Crippen MR) is 101 cm³/mol. The van der Waals surface area contributed by atoms with Crippen molar-refractivity contribution in [3.63, 3.8) is 0 Å². The summed E-state index contributed by atoms with van der Waals surface area (Å²) >= 11 is 0. The van der Waals surface area contributed by atoms with E-state index in [2.05, 4.69) is 0 Å². The van der Waals surface area contributed by atoms with E-state index >= 15 is 0 Å². The second-order valence-electron chi connectivity index (χ2n) is 9.20. The van der Waals surface area contributed by atoms with Crippen LogP contribution in [0, 0.1) is 28.6 Å². The maximum absolute atomic E-state index is 13.6. The van der Waals surface area contributed by atoms with Crippen LogP contribution in [0.1, 0.15) is 51.2 Å². The molecule has 30 heavy (non-hydrogen) atoms. The summed E-state index contributed by atoms with van der Waals surface area (Å²) in [5.74, 6) is -2.80. The average Bonchev–Trinajstić information content (AvgIpc) is 3.23. The molecule has 8 heteroatoms. The fourth-order valence-corrected chi connectivity index (χ4v) is 6.38.